The molecular formula is C77H142O17P2. The van der Waals surface area contributed by atoms with Crippen molar-refractivity contribution in [2.75, 3.05) is 39.6 Å². The molecule has 17 nitrogen and oxygen atoms in total. The van der Waals surface area contributed by atoms with E-state index in [9.17, 15) is 43.2 Å². The molecule has 0 bridgehead atoms. The van der Waals surface area contributed by atoms with Crippen LogP contribution in [0.5, 0.6) is 0 Å². The van der Waals surface area contributed by atoms with Gasteiger partial charge in [0.2, 0.25) is 0 Å². The summed E-state index contributed by atoms with van der Waals surface area (Å²) < 4.78 is 68.4. The number of esters is 4. The minimum absolute atomic E-state index is 0.0866. The lowest BCUT2D eigenvalue weighted by Gasteiger charge is -2.21. The monoisotopic (exact) mass is 1400 g/mol. The average molecular weight is 1400 g/mol. The van der Waals surface area contributed by atoms with Gasteiger partial charge in [-0.05, 0) is 89.9 Å². The van der Waals surface area contributed by atoms with E-state index in [2.05, 4.69) is 76.3 Å². The minimum atomic E-state index is -4.97. The fourth-order valence-electron chi connectivity index (χ4n) is 10.8. The van der Waals surface area contributed by atoms with E-state index in [0.29, 0.717) is 25.7 Å². The van der Waals surface area contributed by atoms with Gasteiger partial charge in [-0.15, -0.1) is 0 Å². The van der Waals surface area contributed by atoms with Crippen LogP contribution in [0.2, 0.25) is 0 Å². The summed E-state index contributed by atoms with van der Waals surface area (Å²) >= 11 is 0. The molecule has 3 N–H and O–H groups in total. The third-order valence-electron chi connectivity index (χ3n) is 16.8. The Morgan fingerprint density at radius 3 is 0.823 bits per heavy atom. The lowest BCUT2D eigenvalue weighted by molar-refractivity contribution is -0.161. The van der Waals surface area contributed by atoms with Crippen molar-refractivity contribution in [3.8, 4) is 0 Å². The van der Waals surface area contributed by atoms with Crippen LogP contribution in [-0.2, 0) is 65.4 Å². The molecule has 96 heavy (non-hydrogen) atoms. The summed E-state index contributed by atoms with van der Waals surface area (Å²) in [6.45, 7) is 4.86. The second kappa shape index (κ2) is 70.5. The van der Waals surface area contributed by atoms with Crippen molar-refractivity contribution >= 4 is 39.5 Å². The van der Waals surface area contributed by atoms with Crippen molar-refractivity contribution in [3.63, 3.8) is 0 Å². The normalized spacial score (nSPS) is 14.2. The zero-order chi connectivity index (χ0) is 70.4. The van der Waals surface area contributed by atoms with Gasteiger partial charge in [-0.3, -0.25) is 37.3 Å². The highest BCUT2D eigenvalue weighted by Crippen LogP contribution is 2.45. The fraction of sp³-hybridized carbons (Fsp3) is 0.844. The Labute approximate surface area is 585 Å². The van der Waals surface area contributed by atoms with Crippen LogP contribution < -0.4 is 0 Å². The molecule has 0 spiro atoms. The minimum Gasteiger partial charge on any atom is -0.462 e. The van der Waals surface area contributed by atoms with Crippen LogP contribution in [0.15, 0.2) is 48.6 Å². The van der Waals surface area contributed by atoms with Crippen LogP contribution in [0.4, 0.5) is 0 Å². The number of aliphatic hydroxyl groups excluding tert-OH is 1. The van der Waals surface area contributed by atoms with E-state index in [0.717, 1.165) is 141 Å². The van der Waals surface area contributed by atoms with Crippen LogP contribution in [0.25, 0.3) is 0 Å². The number of carbonyl (C=O) groups excluding carboxylic acids is 4. The highest BCUT2D eigenvalue weighted by Gasteiger charge is 2.30. The van der Waals surface area contributed by atoms with Crippen LogP contribution in [0.1, 0.15) is 362 Å². The molecule has 0 saturated heterocycles. The largest absolute Gasteiger partial charge is 0.472 e. The van der Waals surface area contributed by atoms with Gasteiger partial charge in [-0.25, -0.2) is 9.13 Å². The van der Waals surface area contributed by atoms with Gasteiger partial charge in [-0.1, -0.05) is 295 Å². The number of hydrogen-bond acceptors (Lipinski definition) is 15. The molecule has 562 valence electrons. The smallest absolute Gasteiger partial charge is 0.462 e. The van der Waals surface area contributed by atoms with Gasteiger partial charge in [0.15, 0.2) is 12.2 Å². The zero-order valence-corrected chi connectivity index (χ0v) is 63.1. The molecule has 5 atom stereocenters. The summed E-state index contributed by atoms with van der Waals surface area (Å²) in [4.78, 5) is 72.8. The summed E-state index contributed by atoms with van der Waals surface area (Å²) in [7, 11) is -9.93. The molecule has 0 aliphatic rings. The van der Waals surface area contributed by atoms with Gasteiger partial charge < -0.3 is 33.8 Å². The summed E-state index contributed by atoms with van der Waals surface area (Å²) in [5.74, 6) is -2.16. The van der Waals surface area contributed by atoms with Gasteiger partial charge in [-0.2, -0.15) is 0 Å². The maximum atomic E-state index is 13.1. The van der Waals surface area contributed by atoms with E-state index in [1.54, 1.807) is 0 Å². The van der Waals surface area contributed by atoms with Crippen molar-refractivity contribution < 1.29 is 80.2 Å². The van der Waals surface area contributed by atoms with E-state index >= 15 is 0 Å². The summed E-state index contributed by atoms with van der Waals surface area (Å²) in [5, 5.41) is 10.6. The maximum absolute atomic E-state index is 13.1. The zero-order valence-electron chi connectivity index (χ0n) is 61.3. The fourth-order valence-corrected chi connectivity index (χ4v) is 12.4. The molecule has 0 rings (SSSR count). The topological polar surface area (TPSA) is 237 Å². The third-order valence-corrected chi connectivity index (χ3v) is 18.7. The molecule has 0 saturated carbocycles. The molecule has 19 heteroatoms. The maximum Gasteiger partial charge on any atom is 0.472 e. The van der Waals surface area contributed by atoms with E-state index in [-0.39, 0.29) is 25.7 Å². The molecule has 0 aromatic carbocycles. The number of hydrogen-bond donors (Lipinski definition) is 3. The standard InChI is InChI=1S/C77H142O17P2/c1-5-9-13-17-21-25-29-32-33-34-35-36-37-40-43-46-50-54-58-62-75(80)88-68-73(94-77(82)64-60-56-52-48-44-39-31-27-23-19-15-11-7-3)70-92-96(85,86)90-66-71(78)65-89-95(83,84)91-69-72(93-76(81)63-59-55-51-47-41-28-24-20-16-12-8-4)67-87-74(79)61-57-53-49-45-42-38-30-26-22-18-14-10-6-2/h21,25,27,31-33,35-36,71-73,78H,5-20,22-24,26,28-30,34,37-70H2,1-4H3,(H,83,84)(H,85,86)/b25-21-,31-27-,33-32-,36-35-. The summed E-state index contributed by atoms with van der Waals surface area (Å²) in [5.41, 5.74) is 0. The number of phosphoric ester groups is 2. The van der Waals surface area contributed by atoms with Crippen molar-refractivity contribution in [2.45, 2.75) is 380 Å². The number of carbonyl (C=O) groups is 4. The first-order valence-electron chi connectivity index (χ1n) is 38.9. The van der Waals surface area contributed by atoms with Gasteiger partial charge >= 0.3 is 39.5 Å². The predicted octanol–water partition coefficient (Wildman–Crippen LogP) is 22.1. The second-order valence-electron chi connectivity index (χ2n) is 26.3. The quantitative estimate of drug-likeness (QED) is 0.0169. The Balaban J connectivity index is 5.28. The number of unbranched alkanes of at least 4 members (excludes halogenated alkanes) is 40. The van der Waals surface area contributed by atoms with Crippen molar-refractivity contribution in [1.82, 2.24) is 0 Å². The Morgan fingerprint density at radius 1 is 0.292 bits per heavy atom. The Kier molecular flexibility index (Phi) is 68.3. The second-order valence-corrected chi connectivity index (χ2v) is 29.2. The summed E-state index contributed by atoms with van der Waals surface area (Å²) in [6, 6.07) is 0. The highest BCUT2D eigenvalue weighted by atomic mass is 31.2. The number of allylic oxidation sites excluding steroid dienone is 8. The molecule has 0 fully saturated rings. The van der Waals surface area contributed by atoms with Crippen molar-refractivity contribution in [1.29, 1.82) is 0 Å². The third kappa shape index (κ3) is 69.5. The lowest BCUT2D eigenvalue weighted by Crippen LogP contribution is -2.30. The Bertz CT molecular complexity index is 2010. The molecule has 0 aromatic heterocycles. The molecule has 5 unspecified atom stereocenters. The van der Waals surface area contributed by atoms with E-state index < -0.39 is 97.5 Å². The van der Waals surface area contributed by atoms with Crippen LogP contribution in [0, 0.1) is 0 Å². The first kappa shape index (κ1) is 93.0. The first-order valence-corrected chi connectivity index (χ1v) is 41.9. The average Bonchev–Trinajstić information content (AvgIpc) is 1.17. The lowest BCUT2D eigenvalue weighted by atomic mass is 10.0. The molecule has 0 radical (unpaired) electrons. The first-order chi connectivity index (χ1) is 46.7. The molecular weight excluding hydrogens is 1260 g/mol. The van der Waals surface area contributed by atoms with Gasteiger partial charge in [0.05, 0.1) is 26.4 Å². The van der Waals surface area contributed by atoms with Gasteiger partial charge in [0, 0.05) is 25.7 Å². The molecule has 0 aliphatic carbocycles. The summed E-state index contributed by atoms with van der Waals surface area (Å²) in [6.07, 6.45) is 66.7. The van der Waals surface area contributed by atoms with Crippen LogP contribution >= 0.6 is 15.6 Å². The molecule has 0 heterocycles. The van der Waals surface area contributed by atoms with Gasteiger partial charge in [0.1, 0.15) is 19.3 Å². The SMILES string of the molecule is CCCCC/C=C\C/C=C\C/C=C\CCCCCCCCC(=O)OCC(COP(=O)(O)OCC(O)COP(=O)(O)OCC(COC(=O)CCCCCCCCCCCCCCC)OC(=O)CCCCCCCCCCCCC)OC(=O)CCCCCCC/C=C\CCCCCC. The van der Waals surface area contributed by atoms with Crippen LogP contribution in [-0.4, -0.2) is 96.7 Å². The van der Waals surface area contributed by atoms with Crippen LogP contribution in [0.3, 0.4) is 0 Å². The number of ether oxygens (including phenoxy) is 4. The Hall–Kier alpha value is -2.98. The number of phosphoric acid groups is 2. The van der Waals surface area contributed by atoms with Crippen molar-refractivity contribution in [3.05, 3.63) is 48.6 Å². The Morgan fingerprint density at radius 2 is 0.510 bits per heavy atom. The van der Waals surface area contributed by atoms with Gasteiger partial charge in [0.25, 0.3) is 0 Å². The molecule has 0 aromatic rings. The van der Waals surface area contributed by atoms with Crippen molar-refractivity contribution in [2.24, 2.45) is 0 Å². The van der Waals surface area contributed by atoms with E-state index in [1.807, 2.05) is 0 Å². The number of rotatable bonds is 74. The number of aliphatic hydroxyl groups is 1. The highest BCUT2D eigenvalue weighted by molar-refractivity contribution is 7.47. The molecule has 0 amide bonds. The predicted molar refractivity (Wildman–Crippen MR) is 390 cm³/mol. The molecule has 0 aliphatic heterocycles. The van der Waals surface area contributed by atoms with E-state index in [1.165, 1.54) is 141 Å². The van der Waals surface area contributed by atoms with E-state index in [4.69, 9.17) is 37.0 Å².